The van der Waals surface area contributed by atoms with Gasteiger partial charge in [-0.05, 0) is 50.6 Å². The molecule has 106 valence electrons. The fraction of sp³-hybridized carbons (Fsp3) is 0.333. The standard InChI is InChI=1S/C18H23NO/c1-12-6-8-14(3)16(10-12)18(19-4)15-9-7-13(2)11-17(15)20-5/h6-11,18-19H,1-5H3. The third-order valence-electron chi connectivity index (χ3n) is 3.73. The molecule has 0 amide bonds. The van der Waals surface area contributed by atoms with Gasteiger partial charge in [0, 0.05) is 5.56 Å². The van der Waals surface area contributed by atoms with Crippen molar-refractivity contribution in [2.24, 2.45) is 0 Å². The maximum atomic E-state index is 5.56. The summed E-state index contributed by atoms with van der Waals surface area (Å²) in [5.74, 6) is 0.935. The lowest BCUT2D eigenvalue weighted by molar-refractivity contribution is 0.405. The Kier molecular flexibility index (Phi) is 4.46. The number of nitrogens with one attached hydrogen (secondary N) is 1. The van der Waals surface area contributed by atoms with E-state index in [4.69, 9.17) is 4.74 Å². The van der Waals surface area contributed by atoms with Crippen molar-refractivity contribution in [2.45, 2.75) is 26.8 Å². The van der Waals surface area contributed by atoms with Gasteiger partial charge in [0.25, 0.3) is 0 Å². The summed E-state index contributed by atoms with van der Waals surface area (Å²) in [6, 6.07) is 13.1. The van der Waals surface area contributed by atoms with Crippen LogP contribution in [0.2, 0.25) is 0 Å². The van der Waals surface area contributed by atoms with Gasteiger partial charge in [0.1, 0.15) is 5.75 Å². The maximum Gasteiger partial charge on any atom is 0.124 e. The molecule has 2 rings (SSSR count). The second-order valence-electron chi connectivity index (χ2n) is 5.33. The number of ether oxygens (including phenoxy) is 1. The Labute approximate surface area is 121 Å². The Bertz CT molecular complexity index is 604. The Balaban J connectivity index is 2.55. The van der Waals surface area contributed by atoms with Gasteiger partial charge in [0.05, 0.1) is 13.2 Å². The average molecular weight is 269 g/mol. The lowest BCUT2D eigenvalue weighted by Gasteiger charge is -2.22. The number of methoxy groups -OCH3 is 1. The van der Waals surface area contributed by atoms with Gasteiger partial charge < -0.3 is 10.1 Å². The zero-order valence-electron chi connectivity index (χ0n) is 12.9. The van der Waals surface area contributed by atoms with Crippen LogP contribution in [-0.4, -0.2) is 14.2 Å². The van der Waals surface area contributed by atoms with E-state index >= 15 is 0 Å². The first-order valence-electron chi connectivity index (χ1n) is 6.95. The molecule has 0 aliphatic heterocycles. The molecule has 1 atom stereocenters. The molecule has 0 spiro atoms. The number of benzene rings is 2. The molecule has 20 heavy (non-hydrogen) atoms. The third-order valence-corrected chi connectivity index (χ3v) is 3.73. The van der Waals surface area contributed by atoms with Crippen LogP contribution in [0, 0.1) is 20.8 Å². The highest BCUT2D eigenvalue weighted by Crippen LogP contribution is 2.32. The van der Waals surface area contributed by atoms with E-state index in [1.165, 1.54) is 27.8 Å². The van der Waals surface area contributed by atoms with E-state index in [1.54, 1.807) is 7.11 Å². The second kappa shape index (κ2) is 6.10. The van der Waals surface area contributed by atoms with Gasteiger partial charge in [-0.25, -0.2) is 0 Å². The molecule has 0 fully saturated rings. The van der Waals surface area contributed by atoms with Crippen LogP contribution in [0.25, 0.3) is 0 Å². The van der Waals surface area contributed by atoms with Gasteiger partial charge in [-0.3, -0.25) is 0 Å². The predicted octanol–water partition coefficient (Wildman–Crippen LogP) is 3.93. The van der Waals surface area contributed by atoms with Crippen LogP contribution >= 0.6 is 0 Å². The molecule has 1 unspecified atom stereocenters. The second-order valence-corrected chi connectivity index (χ2v) is 5.33. The van der Waals surface area contributed by atoms with E-state index in [0.717, 1.165) is 5.75 Å². The molecule has 0 saturated heterocycles. The summed E-state index contributed by atoms with van der Waals surface area (Å²) in [6.45, 7) is 6.36. The molecule has 2 aromatic rings. The van der Waals surface area contributed by atoms with E-state index < -0.39 is 0 Å². The molecule has 2 aromatic carbocycles. The van der Waals surface area contributed by atoms with Gasteiger partial charge in [0.2, 0.25) is 0 Å². The van der Waals surface area contributed by atoms with Gasteiger partial charge >= 0.3 is 0 Å². The SMILES string of the molecule is CNC(c1cc(C)ccc1C)c1ccc(C)cc1OC. The quantitative estimate of drug-likeness (QED) is 0.908. The summed E-state index contributed by atoms with van der Waals surface area (Å²) in [4.78, 5) is 0. The molecule has 0 aliphatic carbocycles. The molecule has 0 radical (unpaired) electrons. The summed E-state index contributed by atoms with van der Waals surface area (Å²) >= 11 is 0. The number of hydrogen-bond donors (Lipinski definition) is 1. The lowest BCUT2D eigenvalue weighted by atomic mass is 9.92. The van der Waals surface area contributed by atoms with Crippen LogP contribution in [0.5, 0.6) is 5.75 Å². The maximum absolute atomic E-state index is 5.56. The van der Waals surface area contributed by atoms with Crippen LogP contribution < -0.4 is 10.1 Å². The Hall–Kier alpha value is -1.80. The monoisotopic (exact) mass is 269 g/mol. The predicted molar refractivity (Wildman–Crippen MR) is 84.5 cm³/mol. The van der Waals surface area contributed by atoms with Crippen LogP contribution in [0.4, 0.5) is 0 Å². The number of hydrogen-bond acceptors (Lipinski definition) is 2. The van der Waals surface area contributed by atoms with Crippen LogP contribution in [0.1, 0.15) is 33.9 Å². The van der Waals surface area contributed by atoms with E-state index in [2.05, 4.69) is 62.5 Å². The van der Waals surface area contributed by atoms with Gasteiger partial charge in [-0.15, -0.1) is 0 Å². The van der Waals surface area contributed by atoms with Crippen LogP contribution in [-0.2, 0) is 0 Å². The van der Waals surface area contributed by atoms with Crippen molar-refractivity contribution in [2.75, 3.05) is 14.2 Å². The Morgan fingerprint density at radius 1 is 0.900 bits per heavy atom. The molecule has 0 aromatic heterocycles. The summed E-state index contributed by atoms with van der Waals surface area (Å²) < 4.78 is 5.56. The fourth-order valence-electron chi connectivity index (χ4n) is 2.61. The summed E-state index contributed by atoms with van der Waals surface area (Å²) in [6.07, 6.45) is 0. The molecule has 0 heterocycles. The van der Waals surface area contributed by atoms with E-state index in [0.29, 0.717) is 0 Å². The Morgan fingerprint density at radius 2 is 1.55 bits per heavy atom. The normalized spacial score (nSPS) is 12.2. The highest BCUT2D eigenvalue weighted by atomic mass is 16.5. The molecule has 0 bridgehead atoms. The molecule has 0 aliphatic rings. The van der Waals surface area contributed by atoms with Crippen molar-refractivity contribution < 1.29 is 4.74 Å². The summed E-state index contributed by atoms with van der Waals surface area (Å²) in [7, 11) is 3.72. The van der Waals surface area contributed by atoms with Crippen molar-refractivity contribution in [3.63, 3.8) is 0 Å². The lowest BCUT2D eigenvalue weighted by Crippen LogP contribution is -2.19. The van der Waals surface area contributed by atoms with Crippen molar-refractivity contribution in [1.29, 1.82) is 0 Å². The molecule has 0 saturated carbocycles. The topological polar surface area (TPSA) is 21.3 Å². The zero-order chi connectivity index (χ0) is 14.7. The average Bonchev–Trinajstić information content (AvgIpc) is 2.44. The zero-order valence-corrected chi connectivity index (χ0v) is 12.9. The van der Waals surface area contributed by atoms with Gasteiger partial charge in [-0.1, -0.05) is 35.9 Å². The minimum absolute atomic E-state index is 0.144. The van der Waals surface area contributed by atoms with Crippen molar-refractivity contribution >= 4 is 0 Å². The number of aryl methyl sites for hydroxylation is 3. The minimum Gasteiger partial charge on any atom is -0.496 e. The largest absolute Gasteiger partial charge is 0.496 e. The minimum atomic E-state index is 0.144. The first-order valence-corrected chi connectivity index (χ1v) is 6.95. The first kappa shape index (κ1) is 14.6. The molecule has 2 nitrogen and oxygen atoms in total. The molecular weight excluding hydrogens is 246 g/mol. The molecular formula is C18H23NO. The third kappa shape index (κ3) is 2.86. The summed E-state index contributed by atoms with van der Waals surface area (Å²) in [5.41, 5.74) is 6.25. The molecule has 1 N–H and O–H groups in total. The van der Waals surface area contributed by atoms with E-state index in [-0.39, 0.29) is 6.04 Å². The van der Waals surface area contributed by atoms with Gasteiger partial charge in [-0.2, -0.15) is 0 Å². The van der Waals surface area contributed by atoms with Crippen molar-refractivity contribution in [3.8, 4) is 5.75 Å². The van der Waals surface area contributed by atoms with Crippen LogP contribution in [0.15, 0.2) is 36.4 Å². The van der Waals surface area contributed by atoms with Crippen molar-refractivity contribution in [3.05, 3.63) is 64.2 Å². The Morgan fingerprint density at radius 3 is 2.20 bits per heavy atom. The smallest absolute Gasteiger partial charge is 0.124 e. The number of rotatable bonds is 4. The van der Waals surface area contributed by atoms with Gasteiger partial charge in [0.15, 0.2) is 0 Å². The highest BCUT2D eigenvalue weighted by Gasteiger charge is 2.18. The van der Waals surface area contributed by atoms with Crippen LogP contribution in [0.3, 0.4) is 0 Å². The highest BCUT2D eigenvalue weighted by molar-refractivity contribution is 5.46. The first-order chi connectivity index (χ1) is 9.56. The van der Waals surface area contributed by atoms with Crippen molar-refractivity contribution in [1.82, 2.24) is 5.32 Å². The fourth-order valence-corrected chi connectivity index (χ4v) is 2.61. The van der Waals surface area contributed by atoms with E-state index in [9.17, 15) is 0 Å². The molecule has 2 heteroatoms. The summed E-state index contributed by atoms with van der Waals surface area (Å²) in [5, 5.41) is 3.42. The van der Waals surface area contributed by atoms with E-state index in [1.807, 2.05) is 7.05 Å².